The lowest BCUT2D eigenvalue weighted by atomic mass is 10.3. The molecule has 1 aromatic rings. The Morgan fingerprint density at radius 1 is 1.28 bits per heavy atom. The van der Waals surface area contributed by atoms with Crippen molar-refractivity contribution < 1.29 is 22.7 Å². The molecule has 0 aliphatic carbocycles. The van der Waals surface area contributed by atoms with Crippen molar-refractivity contribution in [1.29, 1.82) is 0 Å². The zero-order valence-electron chi connectivity index (χ0n) is 10.5. The molecule has 100 valence electrons. The number of rotatable bonds is 5. The summed E-state index contributed by atoms with van der Waals surface area (Å²) in [6, 6.07) is 6.16. The van der Waals surface area contributed by atoms with Crippen LogP contribution in [0.15, 0.2) is 29.2 Å². The highest BCUT2D eigenvalue weighted by atomic mass is 32.2. The molecule has 0 fully saturated rings. The third kappa shape index (κ3) is 4.37. The Bertz CT molecular complexity index is 519. The van der Waals surface area contributed by atoms with Gasteiger partial charge in [0.05, 0.1) is 6.10 Å². The van der Waals surface area contributed by atoms with Crippen LogP contribution in [-0.4, -0.2) is 33.4 Å². The molecule has 0 N–H and O–H groups in total. The van der Waals surface area contributed by atoms with Gasteiger partial charge in [0.1, 0.15) is 10.6 Å². The van der Waals surface area contributed by atoms with Crippen molar-refractivity contribution >= 4 is 15.8 Å². The second kappa shape index (κ2) is 5.86. The van der Waals surface area contributed by atoms with Crippen LogP contribution in [0.3, 0.4) is 0 Å². The van der Waals surface area contributed by atoms with Crippen molar-refractivity contribution in [2.75, 3.05) is 12.9 Å². The Morgan fingerprint density at radius 2 is 1.89 bits per heavy atom. The first-order chi connectivity index (χ1) is 8.30. The molecule has 0 amide bonds. The van der Waals surface area contributed by atoms with Crippen LogP contribution in [0.25, 0.3) is 0 Å². The van der Waals surface area contributed by atoms with Gasteiger partial charge in [0.25, 0.3) is 0 Å². The normalized spacial score (nSPS) is 11.3. The number of hydrogen-bond donors (Lipinski definition) is 0. The number of ether oxygens (including phenoxy) is 2. The van der Waals surface area contributed by atoms with E-state index in [2.05, 4.69) is 0 Å². The van der Waals surface area contributed by atoms with Gasteiger partial charge in [-0.1, -0.05) is 12.1 Å². The maximum Gasteiger partial charge on any atom is 0.344 e. The SMILES string of the molecule is CC(C)OC(=O)COc1ccccc1S(C)(=O)=O. The fraction of sp³-hybridized carbons (Fsp3) is 0.417. The van der Waals surface area contributed by atoms with Gasteiger partial charge in [0.15, 0.2) is 16.4 Å². The Balaban J connectivity index is 2.77. The lowest BCUT2D eigenvalue weighted by molar-refractivity contribution is -0.149. The Labute approximate surface area is 107 Å². The molecule has 0 unspecified atom stereocenters. The number of hydrogen-bond acceptors (Lipinski definition) is 5. The highest BCUT2D eigenvalue weighted by Gasteiger charge is 2.15. The molecule has 0 aliphatic rings. The number of esters is 1. The van der Waals surface area contributed by atoms with Gasteiger partial charge in [0.2, 0.25) is 0 Å². The third-order valence-electron chi connectivity index (χ3n) is 1.96. The van der Waals surface area contributed by atoms with E-state index < -0.39 is 15.8 Å². The van der Waals surface area contributed by atoms with Crippen LogP contribution < -0.4 is 4.74 Å². The summed E-state index contributed by atoms with van der Waals surface area (Å²) in [5, 5.41) is 0. The Morgan fingerprint density at radius 3 is 2.44 bits per heavy atom. The summed E-state index contributed by atoms with van der Waals surface area (Å²) in [6.45, 7) is 3.13. The van der Waals surface area contributed by atoms with Gasteiger partial charge in [0, 0.05) is 6.26 Å². The fourth-order valence-electron chi connectivity index (χ4n) is 1.31. The molecule has 0 aliphatic heterocycles. The first-order valence-corrected chi connectivity index (χ1v) is 7.31. The maximum absolute atomic E-state index is 11.5. The lowest BCUT2D eigenvalue weighted by Crippen LogP contribution is -2.19. The van der Waals surface area contributed by atoms with Crippen LogP contribution >= 0.6 is 0 Å². The van der Waals surface area contributed by atoms with Crippen molar-refractivity contribution in [2.45, 2.75) is 24.8 Å². The maximum atomic E-state index is 11.5. The van der Waals surface area contributed by atoms with Crippen molar-refractivity contribution in [3.63, 3.8) is 0 Å². The largest absolute Gasteiger partial charge is 0.481 e. The topological polar surface area (TPSA) is 69.7 Å². The van der Waals surface area contributed by atoms with Crippen LogP contribution in [0.1, 0.15) is 13.8 Å². The number of carbonyl (C=O) groups excluding carboxylic acids is 1. The van der Waals surface area contributed by atoms with E-state index in [4.69, 9.17) is 9.47 Å². The number of carbonyl (C=O) groups is 1. The Hall–Kier alpha value is -1.56. The monoisotopic (exact) mass is 272 g/mol. The molecule has 0 radical (unpaired) electrons. The van der Waals surface area contributed by atoms with Crippen molar-refractivity contribution in [2.24, 2.45) is 0 Å². The van der Waals surface area contributed by atoms with E-state index in [-0.39, 0.29) is 23.4 Å². The van der Waals surface area contributed by atoms with E-state index in [1.807, 2.05) is 0 Å². The van der Waals surface area contributed by atoms with Gasteiger partial charge in [-0.2, -0.15) is 0 Å². The minimum atomic E-state index is -3.38. The van der Waals surface area contributed by atoms with Crippen LogP contribution in [-0.2, 0) is 19.4 Å². The molecular formula is C12H16O5S. The summed E-state index contributed by atoms with van der Waals surface area (Å²) in [5.74, 6) is -0.381. The van der Waals surface area contributed by atoms with E-state index in [0.717, 1.165) is 6.26 Å². The summed E-state index contributed by atoms with van der Waals surface area (Å²) in [6.07, 6.45) is 0.855. The number of benzene rings is 1. The molecule has 5 nitrogen and oxygen atoms in total. The standard InChI is InChI=1S/C12H16O5S/c1-9(2)17-12(13)8-16-10-6-4-5-7-11(10)18(3,14)15/h4-7,9H,8H2,1-3H3. The predicted molar refractivity (Wildman–Crippen MR) is 66.3 cm³/mol. The zero-order valence-corrected chi connectivity index (χ0v) is 11.4. The highest BCUT2D eigenvalue weighted by molar-refractivity contribution is 7.90. The molecule has 0 aromatic heterocycles. The molecule has 1 rings (SSSR count). The summed E-state index contributed by atoms with van der Waals surface area (Å²) in [5.41, 5.74) is 0. The molecule has 0 saturated heterocycles. The van der Waals surface area contributed by atoms with Crippen LogP contribution in [0.5, 0.6) is 5.75 Å². The minimum Gasteiger partial charge on any atom is -0.481 e. The number of para-hydroxylation sites is 1. The average molecular weight is 272 g/mol. The summed E-state index contributed by atoms with van der Waals surface area (Å²) in [7, 11) is -3.38. The molecule has 0 bridgehead atoms. The van der Waals surface area contributed by atoms with E-state index in [0.29, 0.717) is 0 Å². The Kier molecular flexibility index (Phi) is 4.72. The molecular weight excluding hydrogens is 256 g/mol. The van der Waals surface area contributed by atoms with Crippen molar-refractivity contribution in [3.05, 3.63) is 24.3 Å². The second-order valence-electron chi connectivity index (χ2n) is 4.05. The molecule has 0 spiro atoms. The number of sulfone groups is 1. The first-order valence-electron chi connectivity index (χ1n) is 5.42. The van der Waals surface area contributed by atoms with Crippen LogP contribution in [0.4, 0.5) is 0 Å². The summed E-state index contributed by atoms with van der Waals surface area (Å²) < 4.78 is 33.0. The zero-order chi connectivity index (χ0) is 13.8. The van der Waals surface area contributed by atoms with Gasteiger partial charge in [-0.15, -0.1) is 0 Å². The van der Waals surface area contributed by atoms with Crippen LogP contribution in [0.2, 0.25) is 0 Å². The molecule has 0 heterocycles. The van der Waals surface area contributed by atoms with Crippen molar-refractivity contribution in [3.8, 4) is 5.75 Å². The third-order valence-corrected chi connectivity index (χ3v) is 3.10. The van der Waals surface area contributed by atoms with Gasteiger partial charge in [-0.05, 0) is 26.0 Å². The highest BCUT2D eigenvalue weighted by Crippen LogP contribution is 2.22. The molecule has 18 heavy (non-hydrogen) atoms. The quantitative estimate of drug-likeness (QED) is 0.758. The first kappa shape index (κ1) is 14.5. The van der Waals surface area contributed by atoms with Crippen molar-refractivity contribution in [1.82, 2.24) is 0 Å². The average Bonchev–Trinajstić information content (AvgIpc) is 2.24. The predicted octanol–water partition coefficient (Wildman–Crippen LogP) is 1.42. The van der Waals surface area contributed by atoms with Crippen LogP contribution in [0, 0.1) is 0 Å². The summed E-state index contributed by atoms with van der Waals surface area (Å²) >= 11 is 0. The van der Waals surface area contributed by atoms with E-state index in [1.54, 1.807) is 26.0 Å². The van der Waals surface area contributed by atoms with Gasteiger partial charge < -0.3 is 9.47 Å². The molecule has 6 heteroatoms. The van der Waals surface area contributed by atoms with E-state index >= 15 is 0 Å². The van der Waals surface area contributed by atoms with Gasteiger partial charge in [-0.25, -0.2) is 13.2 Å². The lowest BCUT2D eigenvalue weighted by Gasteiger charge is -2.11. The van der Waals surface area contributed by atoms with Gasteiger partial charge >= 0.3 is 5.97 Å². The fourth-order valence-corrected chi connectivity index (χ4v) is 2.13. The van der Waals surface area contributed by atoms with E-state index in [1.165, 1.54) is 12.1 Å². The molecule has 1 aromatic carbocycles. The second-order valence-corrected chi connectivity index (χ2v) is 6.03. The summed E-state index contributed by atoms with van der Waals surface area (Å²) in [4.78, 5) is 11.3. The smallest absolute Gasteiger partial charge is 0.344 e. The molecule has 0 saturated carbocycles. The van der Waals surface area contributed by atoms with E-state index in [9.17, 15) is 13.2 Å². The minimum absolute atomic E-state index is 0.0577. The molecule has 0 atom stereocenters. The van der Waals surface area contributed by atoms with Gasteiger partial charge in [-0.3, -0.25) is 0 Å².